The second kappa shape index (κ2) is 9.67. The molecule has 3 aromatic heterocycles. The molecule has 4 aromatic rings. The molecule has 180 valence electrons. The molecular formula is C24H21Cl2FN6O2. The summed E-state index contributed by atoms with van der Waals surface area (Å²) in [6.07, 6.45) is 5.92. The second-order valence-electron chi connectivity index (χ2n) is 8.29. The van der Waals surface area contributed by atoms with Crippen LogP contribution in [0.25, 0.3) is 5.52 Å². The first-order chi connectivity index (χ1) is 16.9. The summed E-state index contributed by atoms with van der Waals surface area (Å²) in [6, 6.07) is 7.70. The fourth-order valence-corrected chi connectivity index (χ4v) is 4.76. The molecule has 35 heavy (non-hydrogen) atoms. The van der Waals surface area contributed by atoms with Gasteiger partial charge in [-0.15, -0.1) is 0 Å². The number of hydrogen-bond acceptors (Lipinski definition) is 5. The normalized spacial score (nSPS) is 14.4. The van der Waals surface area contributed by atoms with E-state index in [1.54, 1.807) is 39.9 Å². The van der Waals surface area contributed by atoms with Crippen LogP contribution in [0.2, 0.25) is 10.2 Å². The van der Waals surface area contributed by atoms with Gasteiger partial charge in [-0.25, -0.2) is 14.4 Å². The number of rotatable bonds is 4. The molecule has 1 amide bonds. The number of nitrogens with one attached hydrogen (secondary N) is 1. The van der Waals surface area contributed by atoms with Crippen LogP contribution in [0.15, 0.2) is 53.7 Å². The van der Waals surface area contributed by atoms with Crippen molar-refractivity contribution in [2.24, 2.45) is 0 Å². The maximum atomic E-state index is 14.8. The van der Waals surface area contributed by atoms with E-state index in [4.69, 9.17) is 23.2 Å². The van der Waals surface area contributed by atoms with Gasteiger partial charge >= 0.3 is 0 Å². The monoisotopic (exact) mass is 514 g/mol. The van der Waals surface area contributed by atoms with E-state index in [1.165, 1.54) is 18.3 Å². The van der Waals surface area contributed by atoms with Gasteiger partial charge in [-0.3, -0.25) is 14.0 Å². The Morgan fingerprint density at radius 1 is 1.09 bits per heavy atom. The number of H-pyrrole nitrogens is 1. The van der Waals surface area contributed by atoms with Gasteiger partial charge in [0.1, 0.15) is 16.5 Å². The molecule has 0 bridgehead atoms. The number of carbonyl (C=O) groups excluding carboxylic acids is 1. The van der Waals surface area contributed by atoms with Crippen molar-refractivity contribution in [3.8, 4) is 0 Å². The molecule has 0 saturated carbocycles. The van der Waals surface area contributed by atoms with E-state index < -0.39 is 5.82 Å². The van der Waals surface area contributed by atoms with Gasteiger partial charge in [-0.05, 0) is 36.2 Å². The summed E-state index contributed by atoms with van der Waals surface area (Å²) >= 11 is 12.4. The molecule has 5 rings (SSSR count). The number of aromatic amines is 1. The van der Waals surface area contributed by atoms with Crippen LogP contribution in [0, 0.1) is 5.82 Å². The maximum absolute atomic E-state index is 14.8. The highest BCUT2D eigenvalue weighted by Crippen LogP contribution is 2.27. The molecule has 0 radical (unpaired) electrons. The van der Waals surface area contributed by atoms with E-state index in [9.17, 15) is 14.0 Å². The Labute approximate surface area is 209 Å². The highest BCUT2D eigenvalue weighted by Gasteiger charge is 2.24. The minimum atomic E-state index is -0.583. The molecule has 1 aromatic carbocycles. The minimum Gasteiger partial charge on any atom is -0.339 e. The quantitative estimate of drug-likeness (QED) is 0.447. The smallest absolute Gasteiger partial charge is 0.272 e. The summed E-state index contributed by atoms with van der Waals surface area (Å²) in [5, 5.41) is 0.480. The van der Waals surface area contributed by atoms with Crippen LogP contribution in [-0.4, -0.2) is 56.3 Å². The number of fused-ring (bicyclic) bond motifs is 1. The standard InChI is InChI=1S/C24H21Cl2FN6O2/c25-18-13-20-22(34)30-14-16(33(20)21(18)26)11-15-3-4-19(27)17(12-15)23(35)31-7-2-8-32(10-9-31)24-28-5-1-6-29-24/h1,3-6,12-14H,2,7-11H2,(H,30,34). The lowest BCUT2D eigenvalue weighted by molar-refractivity contribution is 0.0762. The number of benzene rings is 1. The van der Waals surface area contributed by atoms with Crippen LogP contribution < -0.4 is 10.5 Å². The van der Waals surface area contributed by atoms with Crippen LogP contribution in [0.4, 0.5) is 10.3 Å². The predicted octanol–water partition coefficient (Wildman–Crippen LogP) is 3.81. The zero-order valence-corrected chi connectivity index (χ0v) is 20.1. The minimum absolute atomic E-state index is 0.00390. The molecule has 1 fully saturated rings. The first-order valence-electron chi connectivity index (χ1n) is 11.1. The van der Waals surface area contributed by atoms with Crippen molar-refractivity contribution < 1.29 is 9.18 Å². The van der Waals surface area contributed by atoms with E-state index in [1.807, 2.05) is 4.90 Å². The summed E-state index contributed by atoms with van der Waals surface area (Å²) in [5.41, 5.74) is 1.33. The Balaban J connectivity index is 1.38. The van der Waals surface area contributed by atoms with Gasteiger partial charge in [0, 0.05) is 56.9 Å². The number of hydrogen-bond donors (Lipinski definition) is 1. The average molecular weight is 515 g/mol. The van der Waals surface area contributed by atoms with Crippen molar-refractivity contribution in [1.29, 1.82) is 0 Å². The highest BCUT2D eigenvalue weighted by molar-refractivity contribution is 6.42. The molecule has 0 spiro atoms. The predicted molar refractivity (Wildman–Crippen MR) is 132 cm³/mol. The van der Waals surface area contributed by atoms with Crippen LogP contribution in [0.1, 0.15) is 28.0 Å². The molecule has 1 aliphatic heterocycles. The number of amides is 1. The lowest BCUT2D eigenvalue weighted by atomic mass is 10.0. The van der Waals surface area contributed by atoms with Gasteiger partial charge in [0.15, 0.2) is 0 Å². The Kier molecular flexibility index (Phi) is 6.44. The van der Waals surface area contributed by atoms with Gasteiger partial charge in [0.25, 0.3) is 11.5 Å². The number of halogens is 3. The Morgan fingerprint density at radius 2 is 1.89 bits per heavy atom. The third-order valence-electron chi connectivity index (χ3n) is 6.05. The Morgan fingerprint density at radius 3 is 2.69 bits per heavy atom. The van der Waals surface area contributed by atoms with E-state index >= 15 is 0 Å². The zero-order chi connectivity index (χ0) is 24.5. The van der Waals surface area contributed by atoms with Gasteiger partial charge in [0.2, 0.25) is 5.95 Å². The molecule has 4 heterocycles. The third-order valence-corrected chi connectivity index (χ3v) is 6.81. The van der Waals surface area contributed by atoms with Crippen molar-refractivity contribution in [2.45, 2.75) is 12.8 Å². The van der Waals surface area contributed by atoms with E-state index in [0.717, 1.165) is 0 Å². The molecule has 1 saturated heterocycles. The average Bonchev–Trinajstić information content (AvgIpc) is 3.03. The summed E-state index contributed by atoms with van der Waals surface area (Å²) in [4.78, 5) is 40.3. The lowest BCUT2D eigenvalue weighted by Gasteiger charge is -2.22. The first kappa shape index (κ1) is 23.3. The lowest BCUT2D eigenvalue weighted by Crippen LogP contribution is -2.36. The van der Waals surface area contributed by atoms with Gasteiger partial charge in [0.05, 0.1) is 10.6 Å². The van der Waals surface area contributed by atoms with Crippen molar-refractivity contribution in [3.63, 3.8) is 0 Å². The summed E-state index contributed by atoms with van der Waals surface area (Å²) in [7, 11) is 0. The van der Waals surface area contributed by atoms with Crippen molar-refractivity contribution >= 4 is 40.6 Å². The third kappa shape index (κ3) is 4.61. The van der Waals surface area contributed by atoms with E-state index in [0.29, 0.717) is 61.7 Å². The number of nitrogens with zero attached hydrogens (tertiary/aromatic N) is 5. The van der Waals surface area contributed by atoms with Crippen molar-refractivity contribution in [3.05, 3.63) is 92.1 Å². The van der Waals surface area contributed by atoms with Crippen molar-refractivity contribution in [1.82, 2.24) is 24.3 Å². The van der Waals surface area contributed by atoms with Gasteiger partial charge in [-0.2, -0.15) is 0 Å². The fraction of sp³-hybridized carbons (Fsp3) is 0.250. The molecule has 11 heteroatoms. The second-order valence-corrected chi connectivity index (χ2v) is 9.05. The highest BCUT2D eigenvalue weighted by atomic mass is 35.5. The molecule has 8 nitrogen and oxygen atoms in total. The van der Waals surface area contributed by atoms with Crippen LogP contribution in [-0.2, 0) is 6.42 Å². The van der Waals surface area contributed by atoms with Gasteiger partial charge in [-0.1, -0.05) is 29.3 Å². The Bertz CT molecular complexity index is 1460. The number of anilines is 1. The molecule has 0 atom stereocenters. The van der Waals surface area contributed by atoms with Crippen molar-refractivity contribution in [2.75, 3.05) is 31.1 Å². The molecule has 1 aliphatic rings. The SMILES string of the molecule is O=C(c1cc(Cc2c[nH]c(=O)c3cc(Cl)c(Cl)n23)ccc1F)N1CCCN(c2ncccn2)CC1. The van der Waals surface area contributed by atoms with Crippen LogP contribution in [0.3, 0.4) is 0 Å². The number of aromatic nitrogens is 4. The zero-order valence-electron chi connectivity index (χ0n) is 18.5. The molecule has 0 unspecified atom stereocenters. The molecule has 0 aliphatic carbocycles. The topological polar surface area (TPSA) is 86.6 Å². The Hall–Kier alpha value is -3.43. The summed E-state index contributed by atoms with van der Waals surface area (Å²) in [6.45, 7) is 2.20. The number of carbonyl (C=O) groups is 1. The van der Waals surface area contributed by atoms with Gasteiger partial charge < -0.3 is 14.8 Å². The van der Waals surface area contributed by atoms with Crippen LogP contribution in [0.5, 0.6) is 0 Å². The largest absolute Gasteiger partial charge is 0.339 e. The molecular weight excluding hydrogens is 494 g/mol. The summed E-state index contributed by atoms with van der Waals surface area (Å²) < 4.78 is 16.3. The first-order valence-corrected chi connectivity index (χ1v) is 11.8. The summed E-state index contributed by atoms with van der Waals surface area (Å²) in [5.74, 6) is -0.334. The van der Waals surface area contributed by atoms with E-state index in [2.05, 4.69) is 15.0 Å². The molecule has 1 N–H and O–H groups in total. The fourth-order valence-electron chi connectivity index (χ4n) is 4.32. The van der Waals surface area contributed by atoms with Crippen LogP contribution >= 0.6 is 23.2 Å². The van der Waals surface area contributed by atoms with E-state index in [-0.39, 0.29) is 27.2 Å². The maximum Gasteiger partial charge on any atom is 0.272 e.